The number of rotatable bonds is 2. The third kappa shape index (κ3) is 2.92. The minimum Gasteiger partial charge on any atom is -0.325 e. The molecule has 0 atom stereocenters. The molecule has 0 saturated carbocycles. The molecule has 0 spiro atoms. The second kappa shape index (κ2) is 4.47. The van der Waals surface area contributed by atoms with Gasteiger partial charge in [0.15, 0.2) is 6.29 Å². The van der Waals surface area contributed by atoms with Crippen LogP contribution in [0.5, 0.6) is 0 Å². The molecule has 0 fully saturated rings. The van der Waals surface area contributed by atoms with Crippen molar-refractivity contribution in [2.45, 2.75) is 27.7 Å². The predicted molar refractivity (Wildman–Crippen MR) is 64.7 cm³/mol. The lowest BCUT2D eigenvalue weighted by Crippen LogP contribution is -2.28. The highest BCUT2D eigenvalue weighted by atomic mass is 16.2. The van der Waals surface area contributed by atoms with E-state index in [-0.39, 0.29) is 5.91 Å². The van der Waals surface area contributed by atoms with E-state index in [9.17, 15) is 9.59 Å². The molecular weight excluding hydrogens is 202 g/mol. The summed E-state index contributed by atoms with van der Waals surface area (Å²) in [5.74, 6) is -0.0961. The molecule has 0 unspecified atom stereocenters. The number of aryl methyl sites for hydroxylation is 1. The number of nitrogens with one attached hydrogen (secondary N) is 1. The van der Waals surface area contributed by atoms with E-state index in [2.05, 4.69) is 5.32 Å². The molecule has 0 bridgehead atoms. The molecule has 1 aromatic rings. The van der Waals surface area contributed by atoms with E-state index in [1.165, 1.54) is 0 Å². The van der Waals surface area contributed by atoms with E-state index < -0.39 is 5.41 Å². The Morgan fingerprint density at radius 1 is 1.31 bits per heavy atom. The Labute approximate surface area is 95.9 Å². The number of aldehydes is 1. The molecule has 1 rings (SSSR count). The Morgan fingerprint density at radius 3 is 2.44 bits per heavy atom. The van der Waals surface area contributed by atoms with Gasteiger partial charge in [0.25, 0.3) is 0 Å². The molecule has 3 nitrogen and oxygen atoms in total. The number of anilines is 1. The number of carbonyl (C=O) groups is 2. The van der Waals surface area contributed by atoms with Crippen molar-refractivity contribution >= 4 is 17.9 Å². The van der Waals surface area contributed by atoms with E-state index in [1.54, 1.807) is 12.1 Å². The summed E-state index contributed by atoms with van der Waals surface area (Å²) in [6.07, 6.45) is 0.748. The molecule has 1 aromatic carbocycles. The van der Waals surface area contributed by atoms with Crippen molar-refractivity contribution in [3.63, 3.8) is 0 Å². The molecule has 0 aliphatic carbocycles. The first-order valence-corrected chi connectivity index (χ1v) is 5.22. The second-order valence-corrected chi connectivity index (χ2v) is 4.91. The number of amides is 1. The highest BCUT2D eigenvalue weighted by Gasteiger charge is 2.21. The lowest BCUT2D eigenvalue weighted by atomic mass is 9.95. The van der Waals surface area contributed by atoms with Crippen molar-refractivity contribution < 1.29 is 9.59 Å². The quantitative estimate of drug-likeness (QED) is 0.777. The topological polar surface area (TPSA) is 46.2 Å². The first kappa shape index (κ1) is 12.4. The second-order valence-electron chi connectivity index (χ2n) is 4.91. The first-order valence-electron chi connectivity index (χ1n) is 5.22. The molecule has 0 radical (unpaired) electrons. The fourth-order valence-corrected chi connectivity index (χ4v) is 1.19. The lowest BCUT2D eigenvalue weighted by molar-refractivity contribution is -0.123. The number of hydrogen-bond acceptors (Lipinski definition) is 2. The fourth-order valence-electron chi connectivity index (χ4n) is 1.19. The van der Waals surface area contributed by atoms with Crippen LogP contribution in [0.15, 0.2) is 18.2 Å². The van der Waals surface area contributed by atoms with Gasteiger partial charge < -0.3 is 5.32 Å². The van der Waals surface area contributed by atoms with E-state index in [0.717, 1.165) is 11.8 Å². The summed E-state index contributed by atoms with van der Waals surface area (Å²) >= 11 is 0. The van der Waals surface area contributed by atoms with E-state index >= 15 is 0 Å². The maximum absolute atomic E-state index is 11.8. The molecule has 0 aliphatic rings. The van der Waals surface area contributed by atoms with Crippen LogP contribution in [0.4, 0.5) is 5.69 Å². The van der Waals surface area contributed by atoms with Crippen LogP contribution in [0, 0.1) is 12.3 Å². The standard InChI is InChI=1S/C13H17NO2/c1-9-5-6-10(8-15)11(7-9)14-12(16)13(2,3)4/h5-8H,1-4H3,(H,14,16). The normalized spacial score (nSPS) is 11.0. The van der Waals surface area contributed by atoms with E-state index in [1.807, 2.05) is 33.8 Å². The Balaban J connectivity index is 3.00. The number of carbonyl (C=O) groups excluding carboxylic acids is 2. The Hall–Kier alpha value is -1.64. The summed E-state index contributed by atoms with van der Waals surface area (Å²) in [5.41, 5.74) is 1.62. The molecule has 0 saturated heterocycles. The van der Waals surface area contributed by atoms with Crippen LogP contribution in [0.2, 0.25) is 0 Å². The maximum Gasteiger partial charge on any atom is 0.229 e. The average molecular weight is 219 g/mol. The lowest BCUT2D eigenvalue weighted by Gasteiger charge is -2.18. The van der Waals surface area contributed by atoms with Gasteiger partial charge in [-0.3, -0.25) is 9.59 Å². The molecule has 0 aliphatic heterocycles. The summed E-state index contributed by atoms with van der Waals surface area (Å²) in [5, 5.41) is 2.77. The highest BCUT2D eigenvalue weighted by Crippen LogP contribution is 2.20. The third-order valence-electron chi connectivity index (χ3n) is 2.27. The van der Waals surface area contributed by atoms with Gasteiger partial charge in [-0.1, -0.05) is 26.8 Å². The van der Waals surface area contributed by atoms with Crippen LogP contribution in [0.25, 0.3) is 0 Å². The highest BCUT2D eigenvalue weighted by molar-refractivity contribution is 5.98. The summed E-state index contributed by atoms with van der Waals surface area (Å²) in [4.78, 5) is 22.6. The monoisotopic (exact) mass is 219 g/mol. The van der Waals surface area contributed by atoms with Crippen molar-refractivity contribution in [3.05, 3.63) is 29.3 Å². The predicted octanol–water partition coefficient (Wildman–Crippen LogP) is 2.79. The van der Waals surface area contributed by atoms with Crippen LogP contribution in [-0.2, 0) is 4.79 Å². The van der Waals surface area contributed by atoms with Gasteiger partial charge in [0.05, 0.1) is 5.69 Å². The fraction of sp³-hybridized carbons (Fsp3) is 0.385. The molecule has 1 amide bonds. The minimum absolute atomic E-state index is 0.0961. The summed E-state index contributed by atoms with van der Waals surface area (Å²) < 4.78 is 0. The molecular formula is C13H17NO2. The number of hydrogen-bond donors (Lipinski definition) is 1. The van der Waals surface area contributed by atoms with Crippen LogP contribution in [0.1, 0.15) is 36.7 Å². The van der Waals surface area contributed by atoms with Crippen LogP contribution >= 0.6 is 0 Å². The van der Waals surface area contributed by atoms with Gasteiger partial charge in [-0.05, 0) is 24.6 Å². The van der Waals surface area contributed by atoms with Crippen LogP contribution in [0.3, 0.4) is 0 Å². The van der Waals surface area contributed by atoms with Gasteiger partial charge in [0.2, 0.25) is 5.91 Å². The average Bonchev–Trinajstić information content (AvgIpc) is 2.16. The molecule has 1 N–H and O–H groups in total. The Morgan fingerprint density at radius 2 is 1.94 bits per heavy atom. The molecule has 0 aromatic heterocycles. The maximum atomic E-state index is 11.8. The van der Waals surface area contributed by atoms with Gasteiger partial charge >= 0.3 is 0 Å². The van der Waals surface area contributed by atoms with Crippen LogP contribution in [-0.4, -0.2) is 12.2 Å². The van der Waals surface area contributed by atoms with E-state index in [4.69, 9.17) is 0 Å². The zero-order chi connectivity index (χ0) is 12.3. The van der Waals surface area contributed by atoms with Gasteiger partial charge in [0, 0.05) is 11.0 Å². The number of benzene rings is 1. The molecule has 3 heteroatoms. The van der Waals surface area contributed by atoms with Gasteiger partial charge in [0.1, 0.15) is 0 Å². The van der Waals surface area contributed by atoms with Gasteiger partial charge in [-0.25, -0.2) is 0 Å². The largest absolute Gasteiger partial charge is 0.325 e. The SMILES string of the molecule is Cc1ccc(C=O)c(NC(=O)C(C)(C)C)c1. The summed E-state index contributed by atoms with van der Waals surface area (Å²) in [6, 6.07) is 5.35. The zero-order valence-corrected chi connectivity index (χ0v) is 10.1. The molecule has 86 valence electrons. The smallest absolute Gasteiger partial charge is 0.229 e. The summed E-state index contributed by atoms with van der Waals surface area (Å²) in [7, 11) is 0. The Kier molecular flexibility index (Phi) is 3.48. The zero-order valence-electron chi connectivity index (χ0n) is 10.1. The van der Waals surface area contributed by atoms with Crippen LogP contribution < -0.4 is 5.32 Å². The minimum atomic E-state index is -0.468. The van der Waals surface area contributed by atoms with Crippen molar-refractivity contribution in [2.24, 2.45) is 5.41 Å². The molecule has 16 heavy (non-hydrogen) atoms. The van der Waals surface area contributed by atoms with Gasteiger partial charge in [-0.15, -0.1) is 0 Å². The first-order chi connectivity index (χ1) is 7.34. The van der Waals surface area contributed by atoms with Crippen molar-refractivity contribution in [1.29, 1.82) is 0 Å². The van der Waals surface area contributed by atoms with E-state index in [0.29, 0.717) is 11.3 Å². The van der Waals surface area contributed by atoms with Crippen molar-refractivity contribution in [3.8, 4) is 0 Å². The van der Waals surface area contributed by atoms with Crippen molar-refractivity contribution in [2.75, 3.05) is 5.32 Å². The molecule has 0 heterocycles. The Bertz CT molecular complexity index is 416. The summed E-state index contributed by atoms with van der Waals surface area (Å²) in [6.45, 7) is 7.41. The third-order valence-corrected chi connectivity index (χ3v) is 2.27. The van der Waals surface area contributed by atoms with Gasteiger partial charge in [-0.2, -0.15) is 0 Å². The van der Waals surface area contributed by atoms with Crippen molar-refractivity contribution in [1.82, 2.24) is 0 Å².